The SMILES string of the molecule is FC1(F)O[C@@]2(F)C[C@H]3C[C@@H]1C[C@](F)(C3)C2. The maximum Gasteiger partial charge on any atom is 0.361 e. The minimum atomic E-state index is -3.50. The molecule has 0 amide bonds. The zero-order valence-corrected chi connectivity index (χ0v) is 8.11. The summed E-state index contributed by atoms with van der Waals surface area (Å²) in [5, 5.41) is 0. The minimum Gasteiger partial charge on any atom is -0.283 e. The number of hydrogen-bond donors (Lipinski definition) is 0. The average molecular weight is 224 g/mol. The Kier molecular flexibility index (Phi) is 1.64. The van der Waals surface area contributed by atoms with Gasteiger partial charge in [-0.15, -0.1) is 0 Å². The maximum atomic E-state index is 14.1. The second kappa shape index (κ2) is 2.50. The van der Waals surface area contributed by atoms with Gasteiger partial charge in [-0.3, -0.25) is 4.74 Å². The van der Waals surface area contributed by atoms with Gasteiger partial charge in [-0.05, 0) is 25.2 Å². The van der Waals surface area contributed by atoms with Crippen LogP contribution in [0.4, 0.5) is 17.6 Å². The van der Waals surface area contributed by atoms with Crippen LogP contribution in [0.25, 0.3) is 0 Å². The summed E-state index contributed by atoms with van der Waals surface area (Å²) < 4.78 is 59.1. The van der Waals surface area contributed by atoms with E-state index >= 15 is 0 Å². The van der Waals surface area contributed by atoms with Gasteiger partial charge in [0.25, 0.3) is 0 Å². The van der Waals surface area contributed by atoms with Gasteiger partial charge in [-0.25, -0.2) is 8.78 Å². The smallest absolute Gasteiger partial charge is 0.283 e. The van der Waals surface area contributed by atoms with Gasteiger partial charge in [0.15, 0.2) is 0 Å². The van der Waals surface area contributed by atoms with Gasteiger partial charge >= 0.3 is 6.11 Å². The first-order valence-corrected chi connectivity index (χ1v) is 5.26. The highest BCUT2D eigenvalue weighted by molar-refractivity contribution is 5.04. The number of fused-ring (bicyclic) bond motifs is 1. The molecular formula is C10H12F4O. The number of hydrogen-bond acceptors (Lipinski definition) is 1. The standard InChI is InChI=1S/C10H12F4O/c11-8-2-6-1-7(4-8)10(13,14)15-9(12,3-6)5-8/h6-7H,1-5H2/t6-,7+,8+,9-/m0/s1. The predicted molar refractivity (Wildman–Crippen MR) is 43.8 cm³/mol. The van der Waals surface area contributed by atoms with E-state index in [0.29, 0.717) is 0 Å². The third-order valence-corrected chi connectivity index (χ3v) is 3.85. The molecule has 4 bridgehead atoms. The van der Waals surface area contributed by atoms with Crippen LogP contribution >= 0.6 is 0 Å². The van der Waals surface area contributed by atoms with Crippen molar-refractivity contribution < 1.29 is 22.3 Å². The summed E-state index contributed by atoms with van der Waals surface area (Å²) in [6, 6.07) is 0. The van der Waals surface area contributed by atoms with Crippen molar-refractivity contribution >= 4 is 0 Å². The molecule has 0 aromatic carbocycles. The molecule has 4 aliphatic rings. The van der Waals surface area contributed by atoms with Crippen molar-refractivity contribution in [2.45, 2.75) is 49.7 Å². The highest BCUT2D eigenvalue weighted by atomic mass is 19.3. The van der Waals surface area contributed by atoms with Crippen LogP contribution in [0.5, 0.6) is 0 Å². The lowest BCUT2D eigenvalue weighted by atomic mass is 9.65. The molecule has 2 saturated heterocycles. The van der Waals surface area contributed by atoms with Gasteiger partial charge in [-0.1, -0.05) is 0 Å². The van der Waals surface area contributed by atoms with Gasteiger partial charge in [0, 0.05) is 12.8 Å². The summed E-state index contributed by atoms with van der Waals surface area (Å²) >= 11 is 0. The van der Waals surface area contributed by atoms with Crippen LogP contribution in [0.15, 0.2) is 0 Å². The van der Waals surface area contributed by atoms with E-state index in [9.17, 15) is 17.6 Å². The van der Waals surface area contributed by atoms with Crippen molar-refractivity contribution in [2.75, 3.05) is 0 Å². The molecule has 5 heteroatoms. The molecule has 0 unspecified atom stereocenters. The normalized spacial score (nSPS) is 56.8. The summed E-state index contributed by atoms with van der Waals surface area (Å²) in [4.78, 5) is 0. The topological polar surface area (TPSA) is 9.23 Å². The molecule has 15 heavy (non-hydrogen) atoms. The summed E-state index contributed by atoms with van der Waals surface area (Å²) in [5.41, 5.74) is -1.78. The van der Waals surface area contributed by atoms with E-state index in [1.54, 1.807) is 0 Å². The molecule has 2 heterocycles. The van der Waals surface area contributed by atoms with Crippen molar-refractivity contribution in [3.8, 4) is 0 Å². The van der Waals surface area contributed by atoms with Gasteiger partial charge in [0.05, 0.1) is 5.92 Å². The Morgan fingerprint density at radius 2 is 1.73 bits per heavy atom. The molecule has 2 aliphatic carbocycles. The monoisotopic (exact) mass is 224 g/mol. The van der Waals surface area contributed by atoms with Gasteiger partial charge in [0.1, 0.15) is 5.67 Å². The molecule has 0 radical (unpaired) electrons. The Hall–Kier alpha value is -0.320. The van der Waals surface area contributed by atoms with E-state index in [2.05, 4.69) is 4.74 Å². The molecule has 2 saturated carbocycles. The van der Waals surface area contributed by atoms with Crippen molar-refractivity contribution in [3.63, 3.8) is 0 Å². The molecule has 0 aromatic rings. The highest BCUT2D eigenvalue weighted by Crippen LogP contribution is 2.60. The fraction of sp³-hybridized carbons (Fsp3) is 1.00. The number of halogens is 4. The van der Waals surface area contributed by atoms with Crippen LogP contribution < -0.4 is 0 Å². The molecule has 2 aliphatic heterocycles. The largest absolute Gasteiger partial charge is 0.361 e. The van der Waals surface area contributed by atoms with Crippen LogP contribution in [0.3, 0.4) is 0 Å². The Balaban J connectivity index is 2.05. The molecule has 4 atom stereocenters. The average Bonchev–Trinajstić information content (AvgIpc) is 2.04. The Bertz CT molecular complexity index is 308. The molecule has 4 rings (SSSR count). The second-order valence-corrected chi connectivity index (χ2v) is 5.29. The first kappa shape index (κ1) is 9.87. The Labute approximate surface area is 84.8 Å². The lowest BCUT2D eigenvalue weighted by Gasteiger charge is -2.43. The lowest BCUT2D eigenvalue weighted by Crippen LogP contribution is -2.45. The van der Waals surface area contributed by atoms with Crippen LogP contribution in [-0.2, 0) is 4.74 Å². The van der Waals surface area contributed by atoms with Gasteiger partial charge < -0.3 is 0 Å². The number of ether oxygens (including phenoxy) is 1. The summed E-state index contributed by atoms with van der Waals surface area (Å²) in [6.45, 7) is 0. The van der Waals surface area contributed by atoms with Crippen LogP contribution in [0.1, 0.15) is 32.1 Å². The third-order valence-electron chi connectivity index (χ3n) is 3.85. The van der Waals surface area contributed by atoms with E-state index in [1.807, 2.05) is 0 Å². The third kappa shape index (κ3) is 1.39. The highest BCUT2D eigenvalue weighted by Gasteiger charge is 2.65. The molecular weight excluding hydrogens is 212 g/mol. The fourth-order valence-corrected chi connectivity index (χ4v) is 3.55. The van der Waals surface area contributed by atoms with Gasteiger partial charge in [-0.2, -0.15) is 8.78 Å². The van der Waals surface area contributed by atoms with Crippen molar-refractivity contribution in [2.24, 2.45) is 11.8 Å². The van der Waals surface area contributed by atoms with Gasteiger partial charge in [0.2, 0.25) is 5.85 Å². The molecule has 0 N–H and O–H groups in total. The van der Waals surface area contributed by atoms with Crippen molar-refractivity contribution in [1.82, 2.24) is 0 Å². The van der Waals surface area contributed by atoms with Crippen LogP contribution in [-0.4, -0.2) is 17.6 Å². The summed E-state index contributed by atoms with van der Waals surface area (Å²) in [7, 11) is 0. The van der Waals surface area contributed by atoms with Crippen LogP contribution in [0, 0.1) is 11.8 Å². The maximum absolute atomic E-state index is 14.1. The molecule has 1 nitrogen and oxygen atoms in total. The lowest BCUT2D eigenvalue weighted by molar-refractivity contribution is -0.342. The number of alkyl halides is 4. The van der Waals surface area contributed by atoms with Crippen LogP contribution in [0.2, 0.25) is 0 Å². The second-order valence-electron chi connectivity index (χ2n) is 5.29. The molecule has 4 fully saturated rings. The minimum absolute atomic E-state index is 0.0786. The Morgan fingerprint density at radius 3 is 2.40 bits per heavy atom. The van der Waals surface area contributed by atoms with Crippen molar-refractivity contribution in [1.29, 1.82) is 0 Å². The first-order valence-electron chi connectivity index (χ1n) is 5.26. The predicted octanol–water partition coefficient (Wildman–Crippen LogP) is 3.19. The van der Waals surface area contributed by atoms with E-state index in [-0.39, 0.29) is 31.6 Å². The molecule has 86 valence electrons. The van der Waals surface area contributed by atoms with Crippen molar-refractivity contribution in [3.05, 3.63) is 0 Å². The quantitative estimate of drug-likeness (QED) is 0.574. The van der Waals surface area contributed by atoms with E-state index in [4.69, 9.17) is 0 Å². The summed E-state index contributed by atoms with van der Waals surface area (Å²) in [6.07, 6.45) is -3.97. The summed E-state index contributed by atoms with van der Waals surface area (Å²) in [5.74, 6) is -3.89. The van der Waals surface area contributed by atoms with E-state index in [1.165, 1.54) is 0 Å². The number of rotatable bonds is 0. The molecule has 0 spiro atoms. The zero-order chi connectivity index (χ0) is 10.9. The fourth-order valence-electron chi connectivity index (χ4n) is 3.55. The van der Waals surface area contributed by atoms with E-state index < -0.39 is 30.0 Å². The van der Waals surface area contributed by atoms with E-state index in [0.717, 1.165) is 0 Å². The molecule has 0 aromatic heterocycles. The zero-order valence-electron chi connectivity index (χ0n) is 8.11. The Morgan fingerprint density at radius 1 is 1.00 bits per heavy atom. The first-order chi connectivity index (χ1) is 6.80.